The van der Waals surface area contributed by atoms with Gasteiger partial charge in [-0.05, 0) is 64.2 Å². The Hall–Kier alpha value is -2.74. The van der Waals surface area contributed by atoms with Gasteiger partial charge < -0.3 is 14.2 Å². The van der Waals surface area contributed by atoms with E-state index in [0.29, 0.717) is 23.2 Å². The van der Waals surface area contributed by atoms with E-state index in [1.165, 1.54) is 7.11 Å². The van der Waals surface area contributed by atoms with Crippen LogP contribution in [0.4, 0.5) is 0 Å². The molecule has 8 heteroatoms. The Balaban J connectivity index is 1.75. The van der Waals surface area contributed by atoms with Gasteiger partial charge in [0.1, 0.15) is 5.75 Å². The molecule has 0 aliphatic rings. The van der Waals surface area contributed by atoms with Gasteiger partial charge in [-0.15, -0.1) is 0 Å². The predicted octanol–water partition coefficient (Wildman–Crippen LogP) is 3.49. The fourth-order valence-electron chi connectivity index (χ4n) is 2.39. The molecule has 0 aromatic heterocycles. The zero-order valence-electron chi connectivity index (χ0n) is 16.9. The molecule has 2 amide bonds. The SMILES string of the molecule is COc1cc(C)ccc1OCC(=O)NNC(=O)COc1ccc(C(C)C)cc1Br. The maximum atomic E-state index is 11.9. The maximum absolute atomic E-state index is 11.9. The Bertz CT molecular complexity index is 870. The van der Waals surface area contributed by atoms with Crippen molar-refractivity contribution in [1.29, 1.82) is 0 Å². The molecule has 0 unspecified atom stereocenters. The highest BCUT2D eigenvalue weighted by Gasteiger charge is 2.11. The number of rotatable bonds is 8. The maximum Gasteiger partial charge on any atom is 0.276 e. The van der Waals surface area contributed by atoms with Crippen molar-refractivity contribution in [2.75, 3.05) is 20.3 Å². The summed E-state index contributed by atoms with van der Waals surface area (Å²) in [5, 5.41) is 0. The Morgan fingerprint density at radius 2 is 1.52 bits per heavy atom. The van der Waals surface area contributed by atoms with Gasteiger partial charge >= 0.3 is 0 Å². The molecular formula is C21H25BrN2O5. The Morgan fingerprint density at radius 1 is 0.931 bits per heavy atom. The predicted molar refractivity (Wildman–Crippen MR) is 113 cm³/mol. The highest BCUT2D eigenvalue weighted by atomic mass is 79.9. The summed E-state index contributed by atoms with van der Waals surface area (Å²) in [7, 11) is 1.52. The number of hydrogen-bond donors (Lipinski definition) is 2. The van der Waals surface area contributed by atoms with Gasteiger partial charge in [-0.1, -0.05) is 26.0 Å². The van der Waals surface area contributed by atoms with Crippen LogP contribution in [0.25, 0.3) is 0 Å². The largest absolute Gasteiger partial charge is 0.493 e. The summed E-state index contributed by atoms with van der Waals surface area (Å²) >= 11 is 3.43. The minimum absolute atomic E-state index is 0.244. The van der Waals surface area contributed by atoms with E-state index in [1.54, 1.807) is 18.2 Å². The summed E-state index contributed by atoms with van der Waals surface area (Å²) in [4.78, 5) is 23.8. The third-order valence-electron chi connectivity index (χ3n) is 4.00. The average Bonchev–Trinajstić information content (AvgIpc) is 2.70. The molecule has 156 valence electrons. The van der Waals surface area contributed by atoms with E-state index < -0.39 is 11.8 Å². The Labute approximate surface area is 178 Å². The van der Waals surface area contributed by atoms with Crippen LogP contribution in [-0.4, -0.2) is 32.1 Å². The van der Waals surface area contributed by atoms with E-state index >= 15 is 0 Å². The Kier molecular flexibility index (Phi) is 8.33. The van der Waals surface area contributed by atoms with Crippen molar-refractivity contribution < 1.29 is 23.8 Å². The first-order valence-electron chi connectivity index (χ1n) is 9.07. The van der Waals surface area contributed by atoms with Crippen molar-refractivity contribution in [2.24, 2.45) is 0 Å². The van der Waals surface area contributed by atoms with Crippen molar-refractivity contribution in [3.63, 3.8) is 0 Å². The number of benzene rings is 2. The molecule has 0 heterocycles. The quantitative estimate of drug-likeness (QED) is 0.583. The number of halogens is 1. The summed E-state index contributed by atoms with van der Waals surface area (Å²) in [6, 6.07) is 11.1. The normalized spacial score (nSPS) is 10.4. The fraction of sp³-hybridized carbons (Fsp3) is 0.333. The molecule has 0 atom stereocenters. The third-order valence-corrected chi connectivity index (χ3v) is 4.62. The van der Waals surface area contributed by atoms with E-state index in [9.17, 15) is 9.59 Å². The van der Waals surface area contributed by atoms with E-state index in [4.69, 9.17) is 14.2 Å². The number of hydrogen-bond acceptors (Lipinski definition) is 5. The molecule has 0 bridgehead atoms. The molecule has 0 aliphatic carbocycles. The van der Waals surface area contributed by atoms with Gasteiger partial charge in [0, 0.05) is 0 Å². The van der Waals surface area contributed by atoms with Crippen LogP contribution in [0.3, 0.4) is 0 Å². The number of amides is 2. The molecule has 2 aromatic rings. The summed E-state index contributed by atoms with van der Waals surface area (Å²) < 4.78 is 16.9. The number of carbonyl (C=O) groups is 2. The molecule has 2 rings (SSSR count). The van der Waals surface area contributed by atoms with Gasteiger partial charge in [0.15, 0.2) is 24.7 Å². The lowest BCUT2D eigenvalue weighted by molar-refractivity contribution is -0.131. The summed E-state index contributed by atoms with van der Waals surface area (Å²) in [6.07, 6.45) is 0. The molecule has 0 radical (unpaired) electrons. The highest BCUT2D eigenvalue weighted by molar-refractivity contribution is 9.10. The van der Waals surface area contributed by atoms with Crippen molar-refractivity contribution in [1.82, 2.24) is 10.9 Å². The monoisotopic (exact) mass is 464 g/mol. The molecule has 29 heavy (non-hydrogen) atoms. The molecule has 0 saturated heterocycles. The fourth-order valence-corrected chi connectivity index (χ4v) is 2.90. The lowest BCUT2D eigenvalue weighted by Crippen LogP contribution is -2.45. The summed E-state index contributed by atoms with van der Waals surface area (Å²) in [5.74, 6) is 0.906. The lowest BCUT2D eigenvalue weighted by atomic mass is 10.0. The summed E-state index contributed by atoms with van der Waals surface area (Å²) in [5.41, 5.74) is 6.74. The smallest absolute Gasteiger partial charge is 0.276 e. The number of carbonyl (C=O) groups excluding carboxylic acids is 2. The number of ether oxygens (including phenoxy) is 3. The van der Waals surface area contributed by atoms with Crippen LogP contribution in [-0.2, 0) is 9.59 Å². The van der Waals surface area contributed by atoms with Crippen molar-refractivity contribution in [3.05, 3.63) is 52.0 Å². The van der Waals surface area contributed by atoms with Crippen LogP contribution >= 0.6 is 15.9 Å². The standard InChI is InChI=1S/C21H25BrN2O5/c1-13(2)15-6-8-17(16(22)10-15)28-11-20(25)23-24-21(26)12-29-18-7-5-14(3)9-19(18)27-4/h5-10,13H,11-12H2,1-4H3,(H,23,25)(H,24,26). The second kappa shape index (κ2) is 10.7. The van der Waals surface area contributed by atoms with Gasteiger partial charge in [-0.3, -0.25) is 20.4 Å². The molecule has 0 saturated carbocycles. The second-order valence-electron chi connectivity index (χ2n) is 6.67. The number of hydrazine groups is 1. The molecule has 0 aliphatic heterocycles. The minimum atomic E-state index is -0.511. The van der Waals surface area contributed by atoms with Crippen molar-refractivity contribution >= 4 is 27.7 Å². The van der Waals surface area contributed by atoms with E-state index in [2.05, 4.69) is 40.6 Å². The Morgan fingerprint density at radius 3 is 2.07 bits per heavy atom. The van der Waals surface area contributed by atoms with Gasteiger partial charge in [0.2, 0.25) is 0 Å². The van der Waals surface area contributed by atoms with E-state index in [0.717, 1.165) is 15.6 Å². The molecule has 7 nitrogen and oxygen atoms in total. The first kappa shape index (κ1) is 22.5. The van der Waals surface area contributed by atoms with Crippen LogP contribution in [0.15, 0.2) is 40.9 Å². The number of nitrogens with one attached hydrogen (secondary N) is 2. The number of aryl methyl sites for hydroxylation is 1. The molecule has 0 fully saturated rings. The molecule has 2 N–H and O–H groups in total. The van der Waals surface area contributed by atoms with Crippen LogP contribution in [0.5, 0.6) is 17.2 Å². The highest BCUT2D eigenvalue weighted by Crippen LogP contribution is 2.29. The van der Waals surface area contributed by atoms with E-state index in [-0.39, 0.29) is 13.2 Å². The van der Waals surface area contributed by atoms with E-state index in [1.807, 2.05) is 25.1 Å². The van der Waals surface area contributed by atoms with Crippen LogP contribution < -0.4 is 25.1 Å². The van der Waals surface area contributed by atoms with Gasteiger partial charge in [0.25, 0.3) is 11.8 Å². The third kappa shape index (κ3) is 6.98. The van der Waals surface area contributed by atoms with Gasteiger partial charge in [-0.25, -0.2) is 0 Å². The zero-order chi connectivity index (χ0) is 21.4. The van der Waals surface area contributed by atoms with Crippen molar-refractivity contribution in [3.8, 4) is 17.2 Å². The summed E-state index contributed by atoms with van der Waals surface area (Å²) in [6.45, 7) is 5.59. The molecule has 2 aromatic carbocycles. The van der Waals surface area contributed by atoms with Gasteiger partial charge in [0.05, 0.1) is 11.6 Å². The average molecular weight is 465 g/mol. The lowest BCUT2D eigenvalue weighted by Gasteiger charge is -2.13. The zero-order valence-corrected chi connectivity index (χ0v) is 18.5. The van der Waals surface area contributed by atoms with Crippen LogP contribution in [0, 0.1) is 6.92 Å². The first-order valence-corrected chi connectivity index (χ1v) is 9.86. The first-order chi connectivity index (χ1) is 13.8. The molecule has 0 spiro atoms. The minimum Gasteiger partial charge on any atom is -0.493 e. The topological polar surface area (TPSA) is 85.9 Å². The van der Waals surface area contributed by atoms with Crippen molar-refractivity contribution in [2.45, 2.75) is 26.7 Å². The molecular weight excluding hydrogens is 440 g/mol. The van der Waals surface area contributed by atoms with Crippen LogP contribution in [0.1, 0.15) is 30.9 Å². The van der Waals surface area contributed by atoms with Gasteiger partial charge in [-0.2, -0.15) is 0 Å². The van der Waals surface area contributed by atoms with Crippen LogP contribution in [0.2, 0.25) is 0 Å². The number of methoxy groups -OCH3 is 1. The second-order valence-corrected chi connectivity index (χ2v) is 7.53.